The Morgan fingerprint density at radius 3 is 2.67 bits per heavy atom. The highest BCUT2D eigenvalue weighted by molar-refractivity contribution is 5.99. The maximum absolute atomic E-state index is 12.7. The van der Waals surface area contributed by atoms with E-state index in [0.717, 1.165) is 16.9 Å². The van der Waals surface area contributed by atoms with Gasteiger partial charge in [0.2, 0.25) is 5.91 Å². The van der Waals surface area contributed by atoms with Crippen LogP contribution in [0.5, 0.6) is 0 Å². The van der Waals surface area contributed by atoms with E-state index in [0.29, 0.717) is 12.1 Å². The minimum Gasteiger partial charge on any atom is -0.384 e. The van der Waals surface area contributed by atoms with Gasteiger partial charge in [0.25, 0.3) is 0 Å². The van der Waals surface area contributed by atoms with Crippen molar-refractivity contribution in [3.05, 3.63) is 59.7 Å². The van der Waals surface area contributed by atoms with E-state index in [1.165, 1.54) is 0 Å². The molecule has 1 aliphatic heterocycles. The molecule has 0 radical (unpaired) electrons. The van der Waals surface area contributed by atoms with Crippen LogP contribution < -0.4 is 10.2 Å². The fourth-order valence-corrected chi connectivity index (χ4v) is 2.62. The van der Waals surface area contributed by atoms with Gasteiger partial charge in [-0.15, -0.1) is 0 Å². The number of carbonyl (C=O) groups excluding carboxylic acids is 1. The molecule has 0 aliphatic carbocycles. The molecule has 0 bridgehead atoms. The highest BCUT2D eigenvalue weighted by Crippen LogP contribution is 2.33. The number of anilines is 2. The minimum atomic E-state index is -0.165. The summed E-state index contributed by atoms with van der Waals surface area (Å²) in [5.41, 5.74) is 3.46. The summed E-state index contributed by atoms with van der Waals surface area (Å²) in [5, 5.41) is 12.1. The Labute approximate surface area is 123 Å². The molecule has 1 heterocycles. The van der Waals surface area contributed by atoms with Crippen LogP contribution in [0.4, 0.5) is 11.4 Å². The van der Waals surface area contributed by atoms with Crippen LogP contribution in [0.25, 0.3) is 0 Å². The van der Waals surface area contributed by atoms with Crippen molar-refractivity contribution in [2.24, 2.45) is 0 Å². The third-order valence-corrected chi connectivity index (χ3v) is 3.85. The Balaban J connectivity index is 1.84. The zero-order valence-corrected chi connectivity index (χ0v) is 11.7. The minimum absolute atomic E-state index is 0.0529. The van der Waals surface area contributed by atoms with Crippen LogP contribution in [0.3, 0.4) is 0 Å². The average molecular weight is 277 g/mol. The largest absolute Gasteiger partial charge is 0.384 e. The molecule has 4 heteroatoms. The van der Waals surface area contributed by atoms with Crippen molar-refractivity contribution in [1.29, 1.82) is 5.26 Å². The molecule has 0 saturated carbocycles. The number of nitrogens with one attached hydrogen (secondary N) is 1. The number of carbonyl (C=O) groups is 1. The highest BCUT2D eigenvalue weighted by atomic mass is 16.2. The molecule has 0 spiro atoms. The molecule has 21 heavy (non-hydrogen) atoms. The first-order chi connectivity index (χ1) is 10.2. The molecule has 0 saturated heterocycles. The van der Waals surface area contributed by atoms with Crippen molar-refractivity contribution in [3.8, 4) is 6.07 Å². The van der Waals surface area contributed by atoms with Crippen molar-refractivity contribution < 1.29 is 4.79 Å². The normalized spacial score (nSPS) is 15.7. The number of fused-ring (bicyclic) bond motifs is 1. The predicted molar refractivity (Wildman–Crippen MR) is 82.2 cm³/mol. The Kier molecular flexibility index (Phi) is 3.33. The van der Waals surface area contributed by atoms with Gasteiger partial charge in [-0.2, -0.15) is 5.26 Å². The number of nitriles is 1. The molecule has 104 valence electrons. The summed E-state index contributed by atoms with van der Waals surface area (Å²) in [6.45, 7) is 0.624. The molecule has 1 atom stereocenters. The molecule has 1 amide bonds. The highest BCUT2D eigenvalue weighted by Gasteiger charge is 2.30. The van der Waals surface area contributed by atoms with Crippen molar-refractivity contribution in [2.45, 2.75) is 5.92 Å². The summed E-state index contributed by atoms with van der Waals surface area (Å²) in [6, 6.07) is 17.0. The molecule has 0 fully saturated rings. The van der Waals surface area contributed by atoms with Crippen molar-refractivity contribution in [3.63, 3.8) is 0 Å². The van der Waals surface area contributed by atoms with Crippen molar-refractivity contribution in [1.82, 2.24) is 0 Å². The lowest BCUT2D eigenvalue weighted by atomic mass is 10.00. The first-order valence-corrected chi connectivity index (χ1v) is 6.81. The Morgan fingerprint density at radius 2 is 1.95 bits per heavy atom. The van der Waals surface area contributed by atoms with Crippen LogP contribution in [0.2, 0.25) is 0 Å². The van der Waals surface area contributed by atoms with Crippen LogP contribution in [-0.2, 0) is 4.79 Å². The fourth-order valence-electron chi connectivity index (χ4n) is 2.62. The summed E-state index contributed by atoms with van der Waals surface area (Å²) in [7, 11) is 1.77. The molecule has 1 unspecified atom stereocenters. The first-order valence-electron chi connectivity index (χ1n) is 6.81. The summed E-state index contributed by atoms with van der Waals surface area (Å²) in [5.74, 6) is -0.112. The molecule has 1 aliphatic rings. The Bertz CT molecular complexity index is 716. The van der Waals surface area contributed by atoms with Gasteiger partial charge in [0.05, 0.1) is 17.6 Å². The second kappa shape index (κ2) is 5.29. The van der Waals surface area contributed by atoms with E-state index in [2.05, 4.69) is 11.4 Å². The molecule has 1 N–H and O–H groups in total. The smallest absolute Gasteiger partial charge is 0.236 e. The molecule has 2 aromatic carbocycles. The van der Waals surface area contributed by atoms with Crippen LogP contribution >= 0.6 is 0 Å². The second-order valence-electron chi connectivity index (χ2n) is 5.08. The van der Waals surface area contributed by atoms with E-state index in [1.54, 1.807) is 36.2 Å². The molecule has 4 nitrogen and oxygen atoms in total. The second-order valence-corrected chi connectivity index (χ2v) is 5.08. The molecule has 3 rings (SSSR count). The lowest BCUT2D eigenvalue weighted by molar-refractivity contribution is -0.119. The fraction of sp³-hybridized carbons (Fsp3) is 0.176. The van der Waals surface area contributed by atoms with Crippen LogP contribution in [0.15, 0.2) is 48.5 Å². The van der Waals surface area contributed by atoms with E-state index in [4.69, 9.17) is 5.26 Å². The standard InChI is InChI=1S/C17H15N3O/c1-20(13-8-6-12(10-18)7-9-13)17(21)15-11-19-16-5-3-2-4-14(15)16/h2-9,15,19H,11H2,1H3. The van der Waals surface area contributed by atoms with Gasteiger partial charge in [-0.3, -0.25) is 4.79 Å². The lowest BCUT2D eigenvalue weighted by Gasteiger charge is -2.21. The van der Waals surface area contributed by atoms with Gasteiger partial charge >= 0.3 is 0 Å². The van der Waals surface area contributed by atoms with Gasteiger partial charge in [0.15, 0.2) is 0 Å². The summed E-state index contributed by atoms with van der Waals surface area (Å²) >= 11 is 0. The van der Waals surface area contributed by atoms with Gasteiger partial charge in [-0.25, -0.2) is 0 Å². The third kappa shape index (κ3) is 2.34. The number of likely N-dealkylation sites (N-methyl/N-ethyl adjacent to an activating group) is 1. The van der Waals surface area contributed by atoms with E-state index in [1.807, 2.05) is 24.3 Å². The quantitative estimate of drug-likeness (QED) is 0.918. The maximum Gasteiger partial charge on any atom is 0.236 e. The van der Waals surface area contributed by atoms with E-state index in [-0.39, 0.29) is 11.8 Å². The number of hydrogen-bond donors (Lipinski definition) is 1. The van der Waals surface area contributed by atoms with Gasteiger partial charge in [0, 0.05) is 25.0 Å². The molecule has 2 aromatic rings. The number of benzene rings is 2. The number of rotatable bonds is 2. The van der Waals surface area contributed by atoms with E-state index in [9.17, 15) is 4.79 Å². The third-order valence-electron chi connectivity index (χ3n) is 3.85. The van der Waals surface area contributed by atoms with Crippen LogP contribution in [0, 0.1) is 11.3 Å². The number of hydrogen-bond acceptors (Lipinski definition) is 3. The Hall–Kier alpha value is -2.80. The van der Waals surface area contributed by atoms with E-state index < -0.39 is 0 Å². The van der Waals surface area contributed by atoms with Crippen molar-refractivity contribution in [2.75, 3.05) is 23.8 Å². The number of para-hydroxylation sites is 1. The SMILES string of the molecule is CN(C(=O)C1CNc2ccccc21)c1ccc(C#N)cc1. The van der Waals surface area contributed by atoms with E-state index >= 15 is 0 Å². The van der Waals surface area contributed by atoms with Gasteiger partial charge in [0.1, 0.15) is 0 Å². The molecular weight excluding hydrogens is 262 g/mol. The zero-order chi connectivity index (χ0) is 14.8. The summed E-state index contributed by atoms with van der Waals surface area (Å²) in [4.78, 5) is 14.3. The predicted octanol–water partition coefficient (Wildman–Crippen LogP) is 2.73. The monoisotopic (exact) mass is 277 g/mol. The topological polar surface area (TPSA) is 56.1 Å². The lowest BCUT2D eigenvalue weighted by Crippen LogP contribution is -2.32. The number of amides is 1. The van der Waals surface area contributed by atoms with Crippen molar-refractivity contribution >= 4 is 17.3 Å². The summed E-state index contributed by atoms with van der Waals surface area (Å²) < 4.78 is 0. The average Bonchev–Trinajstić information content (AvgIpc) is 2.97. The number of nitrogens with zero attached hydrogens (tertiary/aromatic N) is 2. The first kappa shape index (κ1) is 13.2. The summed E-state index contributed by atoms with van der Waals surface area (Å²) in [6.07, 6.45) is 0. The van der Waals surface area contributed by atoms with Crippen LogP contribution in [0.1, 0.15) is 17.0 Å². The van der Waals surface area contributed by atoms with Gasteiger partial charge in [-0.05, 0) is 35.9 Å². The Morgan fingerprint density at radius 1 is 1.24 bits per heavy atom. The zero-order valence-electron chi connectivity index (χ0n) is 11.7. The molecule has 0 aromatic heterocycles. The van der Waals surface area contributed by atoms with Gasteiger partial charge < -0.3 is 10.2 Å². The maximum atomic E-state index is 12.7. The van der Waals surface area contributed by atoms with Gasteiger partial charge in [-0.1, -0.05) is 18.2 Å². The van der Waals surface area contributed by atoms with Crippen LogP contribution in [-0.4, -0.2) is 19.5 Å². The molecular formula is C17H15N3O.